The van der Waals surface area contributed by atoms with Crippen LogP contribution in [0.5, 0.6) is 0 Å². The predicted molar refractivity (Wildman–Crippen MR) is 101 cm³/mol. The Morgan fingerprint density at radius 2 is 1.92 bits per heavy atom. The molecule has 0 spiro atoms. The number of sulfonamides is 1. The molecular formula is C17H19N3O2S3. The summed E-state index contributed by atoms with van der Waals surface area (Å²) in [6.45, 7) is 0.304. The second kappa shape index (κ2) is 7.03. The third-order valence-electron chi connectivity index (χ3n) is 4.46. The molecule has 1 fully saturated rings. The van der Waals surface area contributed by atoms with E-state index in [0.717, 1.165) is 22.6 Å². The summed E-state index contributed by atoms with van der Waals surface area (Å²) in [6.07, 6.45) is 6.19. The average molecular weight is 394 g/mol. The summed E-state index contributed by atoms with van der Waals surface area (Å²) >= 11 is 3.05. The molecule has 3 aromatic heterocycles. The molecule has 25 heavy (non-hydrogen) atoms. The maximum Gasteiger partial charge on any atom is 0.244 e. The molecule has 0 radical (unpaired) electrons. The van der Waals surface area contributed by atoms with Gasteiger partial charge in [-0.15, -0.1) is 22.7 Å². The van der Waals surface area contributed by atoms with Gasteiger partial charge in [0.05, 0.1) is 10.9 Å². The minimum absolute atomic E-state index is 0.276. The fourth-order valence-electron chi connectivity index (χ4n) is 3.17. The number of hydrogen-bond acceptors (Lipinski definition) is 5. The molecule has 5 nitrogen and oxygen atoms in total. The molecule has 3 heterocycles. The number of nitrogens with one attached hydrogen (secondary N) is 1. The maximum absolute atomic E-state index is 12.9. The van der Waals surface area contributed by atoms with Crippen molar-refractivity contribution in [2.24, 2.45) is 0 Å². The summed E-state index contributed by atoms with van der Waals surface area (Å²) in [6, 6.07) is 7.99. The zero-order chi connectivity index (χ0) is 17.3. The van der Waals surface area contributed by atoms with E-state index in [0.29, 0.717) is 18.3 Å². The largest absolute Gasteiger partial charge is 0.268 e. The summed E-state index contributed by atoms with van der Waals surface area (Å²) < 4.78 is 30.4. The van der Waals surface area contributed by atoms with Crippen LogP contribution < -0.4 is 4.72 Å². The highest BCUT2D eigenvalue weighted by Gasteiger charge is 2.27. The van der Waals surface area contributed by atoms with Crippen LogP contribution >= 0.6 is 22.7 Å². The number of rotatable bonds is 6. The lowest BCUT2D eigenvalue weighted by Gasteiger charge is -2.08. The van der Waals surface area contributed by atoms with Crippen LogP contribution in [0.2, 0.25) is 0 Å². The van der Waals surface area contributed by atoms with Crippen molar-refractivity contribution >= 4 is 32.7 Å². The molecule has 8 heteroatoms. The van der Waals surface area contributed by atoms with Crippen molar-refractivity contribution in [3.8, 4) is 10.6 Å². The molecule has 0 unspecified atom stereocenters. The van der Waals surface area contributed by atoms with E-state index < -0.39 is 10.0 Å². The van der Waals surface area contributed by atoms with Crippen LogP contribution in [0.1, 0.15) is 36.6 Å². The average Bonchev–Trinajstić information content (AvgIpc) is 3.41. The first-order valence-electron chi connectivity index (χ1n) is 8.28. The Labute approximate surface area is 155 Å². The lowest BCUT2D eigenvalue weighted by molar-refractivity contribution is 0.467. The summed E-state index contributed by atoms with van der Waals surface area (Å²) in [7, 11) is -3.62. The molecule has 0 aromatic carbocycles. The lowest BCUT2D eigenvalue weighted by Crippen LogP contribution is -2.23. The molecule has 1 aliphatic carbocycles. The first-order valence-corrected chi connectivity index (χ1v) is 11.5. The molecule has 0 bridgehead atoms. The molecule has 1 N–H and O–H groups in total. The van der Waals surface area contributed by atoms with Gasteiger partial charge in [-0.3, -0.25) is 4.68 Å². The smallest absolute Gasteiger partial charge is 0.244 e. The van der Waals surface area contributed by atoms with Gasteiger partial charge in [-0.2, -0.15) is 5.10 Å². The van der Waals surface area contributed by atoms with Crippen molar-refractivity contribution in [3.05, 3.63) is 46.1 Å². The Kier molecular flexibility index (Phi) is 4.77. The monoisotopic (exact) mass is 393 g/mol. The standard InChI is InChI=1S/C17H19N3O2S3/c21-25(22,18-11-14-7-3-9-23-14)16-12-20(13-5-1-2-6-13)19-17(16)15-8-4-10-24-15/h3-4,7-10,12-13,18H,1-2,5-6,11H2. The third kappa shape index (κ3) is 3.57. The first-order chi connectivity index (χ1) is 12.1. The molecule has 0 atom stereocenters. The summed E-state index contributed by atoms with van der Waals surface area (Å²) in [5.74, 6) is 0. The fourth-order valence-corrected chi connectivity index (χ4v) is 5.85. The van der Waals surface area contributed by atoms with Crippen molar-refractivity contribution in [2.45, 2.75) is 43.2 Å². The van der Waals surface area contributed by atoms with Crippen molar-refractivity contribution in [1.29, 1.82) is 0 Å². The molecule has 0 aliphatic heterocycles. The minimum atomic E-state index is -3.62. The predicted octanol–water partition coefficient (Wildman–Crippen LogP) is 4.27. The molecule has 1 aliphatic rings. The highest BCUT2D eigenvalue weighted by molar-refractivity contribution is 7.89. The Morgan fingerprint density at radius 1 is 1.16 bits per heavy atom. The fraction of sp³-hybridized carbons (Fsp3) is 0.353. The third-order valence-corrected chi connectivity index (χ3v) is 7.61. The van der Waals surface area contributed by atoms with Crippen LogP contribution in [0.4, 0.5) is 0 Å². The highest BCUT2D eigenvalue weighted by atomic mass is 32.2. The van der Waals surface area contributed by atoms with Crippen LogP contribution in [0.3, 0.4) is 0 Å². The highest BCUT2D eigenvalue weighted by Crippen LogP contribution is 2.34. The second-order valence-electron chi connectivity index (χ2n) is 6.14. The van der Waals surface area contributed by atoms with Crippen molar-refractivity contribution < 1.29 is 8.42 Å². The van der Waals surface area contributed by atoms with Crippen LogP contribution in [0.15, 0.2) is 46.1 Å². The zero-order valence-electron chi connectivity index (χ0n) is 13.6. The lowest BCUT2D eigenvalue weighted by atomic mass is 10.3. The van der Waals surface area contributed by atoms with E-state index in [4.69, 9.17) is 0 Å². The van der Waals surface area contributed by atoms with Crippen molar-refractivity contribution in [1.82, 2.24) is 14.5 Å². The molecule has 132 valence electrons. The van der Waals surface area contributed by atoms with Crippen LogP contribution in [0.25, 0.3) is 10.6 Å². The number of thiophene rings is 2. The van der Waals surface area contributed by atoms with Crippen LogP contribution in [-0.2, 0) is 16.6 Å². The van der Waals surface area contributed by atoms with Gasteiger partial charge in [0.1, 0.15) is 10.6 Å². The Hall–Kier alpha value is -1.48. The molecule has 4 rings (SSSR count). The van der Waals surface area contributed by atoms with E-state index in [9.17, 15) is 8.42 Å². The number of nitrogens with zero attached hydrogens (tertiary/aromatic N) is 2. The molecule has 0 amide bonds. The van der Waals surface area contributed by atoms with E-state index in [1.54, 1.807) is 17.5 Å². The van der Waals surface area contributed by atoms with Gasteiger partial charge in [-0.25, -0.2) is 13.1 Å². The summed E-state index contributed by atoms with van der Waals surface area (Å²) in [5, 5.41) is 8.54. The van der Waals surface area contributed by atoms with E-state index in [-0.39, 0.29) is 4.90 Å². The SMILES string of the molecule is O=S(=O)(NCc1cccs1)c1cn(C2CCCC2)nc1-c1cccs1. The number of hydrogen-bond donors (Lipinski definition) is 1. The first kappa shape index (κ1) is 17.0. The molecular weight excluding hydrogens is 374 g/mol. The molecule has 3 aromatic rings. The van der Waals surface area contributed by atoms with Gasteiger partial charge in [0.2, 0.25) is 10.0 Å². The maximum atomic E-state index is 12.9. The summed E-state index contributed by atoms with van der Waals surface area (Å²) in [4.78, 5) is 2.15. The minimum Gasteiger partial charge on any atom is -0.268 e. The van der Waals surface area contributed by atoms with Crippen LogP contribution in [0, 0.1) is 0 Å². The molecule has 1 saturated carbocycles. The van der Waals surface area contributed by atoms with Gasteiger partial charge < -0.3 is 0 Å². The number of aromatic nitrogens is 2. The van der Waals surface area contributed by atoms with Crippen molar-refractivity contribution in [3.63, 3.8) is 0 Å². The van der Waals surface area contributed by atoms with Gasteiger partial charge in [-0.1, -0.05) is 25.0 Å². The Bertz CT molecular complexity index is 922. The quantitative estimate of drug-likeness (QED) is 0.680. The van der Waals surface area contributed by atoms with E-state index >= 15 is 0 Å². The topological polar surface area (TPSA) is 64.0 Å². The van der Waals surface area contributed by atoms with Crippen LogP contribution in [-0.4, -0.2) is 18.2 Å². The second-order valence-corrected chi connectivity index (χ2v) is 9.86. The van der Waals surface area contributed by atoms with Gasteiger partial charge in [-0.05, 0) is 35.7 Å². The normalized spacial score (nSPS) is 15.8. The van der Waals surface area contributed by atoms with Crippen molar-refractivity contribution in [2.75, 3.05) is 0 Å². The zero-order valence-corrected chi connectivity index (χ0v) is 16.0. The van der Waals surface area contributed by atoms with Gasteiger partial charge in [0.15, 0.2) is 0 Å². The van der Waals surface area contributed by atoms with E-state index in [1.165, 1.54) is 24.2 Å². The van der Waals surface area contributed by atoms with Gasteiger partial charge >= 0.3 is 0 Å². The van der Waals surface area contributed by atoms with Gasteiger partial charge in [0, 0.05) is 17.6 Å². The Balaban J connectivity index is 1.68. The summed E-state index contributed by atoms with van der Waals surface area (Å²) in [5.41, 5.74) is 0.556. The van der Waals surface area contributed by atoms with Gasteiger partial charge in [0.25, 0.3) is 0 Å². The Morgan fingerprint density at radius 3 is 2.60 bits per heavy atom. The molecule has 0 saturated heterocycles. The van der Waals surface area contributed by atoms with E-state index in [2.05, 4.69) is 9.82 Å². The van der Waals surface area contributed by atoms with E-state index in [1.807, 2.05) is 39.7 Å².